The summed E-state index contributed by atoms with van der Waals surface area (Å²) in [5, 5.41) is 10.3. The van der Waals surface area contributed by atoms with Crippen LogP contribution in [0.1, 0.15) is 23.1 Å². The number of anilines is 1. The summed E-state index contributed by atoms with van der Waals surface area (Å²) in [6.45, 7) is 4.93. The maximum Gasteiger partial charge on any atom is 0.225 e. The third-order valence-electron chi connectivity index (χ3n) is 5.04. The van der Waals surface area contributed by atoms with E-state index in [1.807, 2.05) is 12.1 Å². The Labute approximate surface area is 136 Å². The van der Waals surface area contributed by atoms with Gasteiger partial charge in [-0.05, 0) is 48.6 Å². The highest BCUT2D eigenvalue weighted by Gasteiger charge is 2.23. The molecule has 5 nitrogen and oxygen atoms in total. The van der Waals surface area contributed by atoms with Crippen molar-refractivity contribution in [3.63, 3.8) is 0 Å². The number of nitrogens with zero attached hydrogens (tertiary/aromatic N) is 3. The monoisotopic (exact) mass is 311 g/mol. The Kier molecular flexibility index (Phi) is 3.87. The molecule has 0 amide bonds. The molecular formula is C18H23N4O+. The van der Waals surface area contributed by atoms with Crippen LogP contribution in [0, 0.1) is 0 Å². The van der Waals surface area contributed by atoms with Crippen molar-refractivity contribution >= 4 is 5.95 Å². The topological polar surface area (TPSA) is 53.7 Å². The number of aryl methyl sites for hydroxylation is 2. The van der Waals surface area contributed by atoms with Crippen LogP contribution in [0.2, 0.25) is 0 Å². The lowest BCUT2D eigenvalue weighted by Gasteiger charge is -2.32. The second-order valence-electron chi connectivity index (χ2n) is 6.57. The van der Waals surface area contributed by atoms with Crippen molar-refractivity contribution in [1.82, 2.24) is 9.97 Å². The van der Waals surface area contributed by atoms with E-state index in [0.29, 0.717) is 5.75 Å². The summed E-state index contributed by atoms with van der Waals surface area (Å²) >= 11 is 0. The fraction of sp³-hybridized carbons (Fsp3) is 0.444. The number of quaternary nitrogens is 1. The van der Waals surface area contributed by atoms with Crippen molar-refractivity contribution in [3.8, 4) is 5.75 Å². The highest BCUT2D eigenvalue weighted by Crippen LogP contribution is 2.28. The van der Waals surface area contributed by atoms with Crippen LogP contribution in [0.5, 0.6) is 5.75 Å². The molecular weight excluding hydrogens is 288 g/mol. The molecule has 0 spiro atoms. The molecule has 0 unspecified atom stereocenters. The summed E-state index contributed by atoms with van der Waals surface area (Å²) in [6.07, 6.45) is 7.10. The molecule has 2 heterocycles. The number of phenolic OH excluding ortho intramolecular Hbond substituents is 1. The van der Waals surface area contributed by atoms with Crippen molar-refractivity contribution in [2.75, 3.05) is 31.1 Å². The second kappa shape index (κ2) is 6.16. The van der Waals surface area contributed by atoms with Gasteiger partial charge in [-0.2, -0.15) is 0 Å². The molecule has 2 N–H and O–H groups in total. The third-order valence-corrected chi connectivity index (χ3v) is 5.04. The van der Waals surface area contributed by atoms with Gasteiger partial charge in [0.1, 0.15) is 12.3 Å². The minimum atomic E-state index is 0.479. The summed E-state index contributed by atoms with van der Waals surface area (Å²) in [5.74, 6) is 1.30. The summed E-state index contributed by atoms with van der Waals surface area (Å²) in [7, 11) is 0. The molecule has 1 aliphatic heterocycles. The maximum absolute atomic E-state index is 10.3. The zero-order valence-electron chi connectivity index (χ0n) is 13.3. The van der Waals surface area contributed by atoms with Gasteiger partial charge in [-0.3, -0.25) is 0 Å². The van der Waals surface area contributed by atoms with Gasteiger partial charge >= 0.3 is 0 Å². The molecule has 4 rings (SSSR count). The highest BCUT2D eigenvalue weighted by molar-refractivity contribution is 5.43. The minimum Gasteiger partial charge on any atom is -0.507 e. The largest absolute Gasteiger partial charge is 0.507 e. The highest BCUT2D eigenvalue weighted by atomic mass is 16.3. The van der Waals surface area contributed by atoms with Crippen molar-refractivity contribution in [3.05, 3.63) is 47.3 Å². The van der Waals surface area contributed by atoms with Gasteiger partial charge in [-0.25, -0.2) is 9.97 Å². The zero-order valence-corrected chi connectivity index (χ0v) is 13.3. The van der Waals surface area contributed by atoms with E-state index in [0.717, 1.165) is 57.1 Å². The van der Waals surface area contributed by atoms with E-state index in [1.165, 1.54) is 22.4 Å². The van der Waals surface area contributed by atoms with Crippen LogP contribution in [0.4, 0.5) is 5.95 Å². The first-order chi connectivity index (χ1) is 11.3. The summed E-state index contributed by atoms with van der Waals surface area (Å²) in [4.78, 5) is 12.4. The first-order valence-electron chi connectivity index (χ1n) is 8.49. The Morgan fingerprint density at radius 2 is 1.74 bits per heavy atom. The third kappa shape index (κ3) is 3.01. The predicted molar refractivity (Wildman–Crippen MR) is 88.8 cm³/mol. The lowest BCUT2D eigenvalue weighted by Crippen LogP contribution is -3.13. The number of hydrogen-bond donors (Lipinski definition) is 2. The van der Waals surface area contributed by atoms with E-state index in [-0.39, 0.29) is 0 Å². The molecule has 1 aromatic carbocycles. The molecule has 5 heteroatoms. The number of piperazine rings is 1. The van der Waals surface area contributed by atoms with Crippen LogP contribution >= 0.6 is 0 Å². The Hall–Kier alpha value is -2.14. The summed E-state index contributed by atoms with van der Waals surface area (Å²) < 4.78 is 0. The normalized spacial score (nSPS) is 18.2. The number of phenols is 1. The van der Waals surface area contributed by atoms with E-state index in [1.54, 1.807) is 12.4 Å². The standard InChI is InChI=1S/C18H22N4O/c23-17-12-15-4-1-3-14(15)11-16(17)13-21-7-9-22(10-8-21)18-19-5-2-6-20-18/h2,5-6,11-12,23H,1,3-4,7-10,13H2/p+1. The lowest BCUT2D eigenvalue weighted by molar-refractivity contribution is -0.914. The molecule has 0 radical (unpaired) electrons. The van der Waals surface area contributed by atoms with Gasteiger partial charge in [0.15, 0.2) is 0 Å². The van der Waals surface area contributed by atoms with Crippen LogP contribution in [0.15, 0.2) is 30.6 Å². The number of rotatable bonds is 3. The molecule has 0 saturated carbocycles. The Morgan fingerprint density at radius 3 is 2.48 bits per heavy atom. The second-order valence-corrected chi connectivity index (χ2v) is 6.57. The average Bonchev–Trinajstić information content (AvgIpc) is 3.04. The SMILES string of the molecule is Oc1cc2c(cc1C[NH+]1CCN(c3ncccn3)CC1)CCC2. The molecule has 0 atom stereocenters. The number of fused-ring (bicyclic) bond motifs is 1. The molecule has 1 saturated heterocycles. The fourth-order valence-electron chi connectivity index (χ4n) is 3.73. The van der Waals surface area contributed by atoms with Gasteiger partial charge in [0, 0.05) is 18.0 Å². The van der Waals surface area contributed by atoms with Gasteiger partial charge in [0.2, 0.25) is 5.95 Å². The van der Waals surface area contributed by atoms with Gasteiger partial charge in [0.05, 0.1) is 26.2 Å². The number of benzene rings is 1. The van der Waals surface area contributed by atoms with Gasteiger partial charge in [-0.1, -0.05) is 0 Å². The first kappa shape index (κ1) is 14.5. The molecule has 2 aromatic rings. The van der Waals surface area contributed by atoms with Gasteiger partial charge < -0.3 is 14.9 Å². The van der Waals surface area contributed by atoms with E-state index < -0.39 is 0 Å². The smallest absolute Gasteiger partial charge is 0.225 e. The van der Waals surface area contributed by atoms with Gasteiger partial charge in [0.25, 0.3) is 0 Å². The molecule has 0 bridgehead atoms. The van der Waals surface area contributed by atoms with Crippen LogP contribution in [-0.2, 0) is 19.4 Å². The fourth-order valence-corrected chi connectivity index (χ4v) is 3.73. The van der Waals surface area contributed by atoms with E-state index in [2.05, 4.69) is 20.9 Å². The molecule has 23 heavy (non-hydrogen) atoms. The molecule has 1 fully saturated rings. The summed E-state index contributed by atoms with van der Waals surface area (Å²) in [5.41, 5.74) is 3.88. The number of nitrogens with one attached hydrogen (secondary N) is 1. The minimum absolute atomic E-state index is 0.479. The molecule has 1 aromatic heterocycles. The quantitative estimate of drug-likeness (QED) is 0.870. The van der Waals surface area contributed by atoms with Crippen molar-refractivity contribution in [2.24, 2.45) is 0 Å². The molecule has 120 valence electrons. The van der Waals surface area contributed by atoms with Gasteiger partial charge in [-0.15, -0.1) is 0 Å². The van der Waals surface area contributed by atoms with Crippen LogP contribution in [-0.4, -0.2) is 41.3 Å². The lowest BCUT2D eigenvalue weighted by atomic mass is 10.0. The molecule has 2 aliphatic rings. The van der Waals surface area contributed by atoms with E-state index >= 15 is 0 Å². The van der Waals surface area contributed by atoms with Crippen LogP contribution < -0.4 is 9.80 Å². The zero-order chi connectivity index (χ0) is 15.6. The van der Waals surface area contributed by atoms with Crippen molar-refractivity contribution in [1.29, 1.82) is 0 Å². The Morgan fingerprint density at radius 1 is 1.04 bits per heavy atom. The molecule has 1 aliphatic carbocycles. The summed E-state index contributed by atoms with van der Waals surface area (Å²) in [6, 6.07) is 6.07. The Bertz CT molecular complexity index is 681. The van der Waals surface area contributed by atoms with Crippen molar-refractivity contribution < 1.29 is 10.0 Å². The predicted octanol–water partition coefficient (Wildman–Crippen LogP) is 0.576. The van der Waals surface area contributed by atoms with Crippen LogP contribution in [0.3, 0.4) is 0 Å². The van der Waals surface area contributed by atoms with E-state index in [9.17, 15) is 5.11 Å². The average molecular weight is 311 g/mol. The van der Waals surface area contributed by atoms with Crippen LogP contribution in [0.25, 0.3) is 0 Å². The maximum atomic E-state index is 10.3. The van der Waals surface area contributed by atoms with Crippen molar-refractivity contribution in [2.45, 2.75) is 25.8 Å². The van der Waals surface area contributed by atoms with E-state index in [4.69, 9.17) is 0 Å². The first-order valence-corrected chi connectivity index (χ1v) is 8.49. The number of aromatic nitrogens is 2. The number of aromatic hydroxyl groups is 1. The Balaban J connectivity index is 1.40. The number of hydrogen-bond acceptors (Lipinski definition) is 4.